The Morgan fingerprint density at radius 1 is 1.24 bits per heavy atom. The molecule has 5 aliphatic rings. The summed E-state index contributed by atoms with van der Waals surface area (Å²) in [4.78, 5) is 15.5. The number of ether oxygens (including phenoxy) is 1. The van der Waals surface area contributed by atoms with Gasteiger partial charge < -0.3 is 9.64 Å². The quantitative estimate of drug-likeness (QED) is 0.349. The van der Waals surface area contributed by atoms with Crippen LogP contribution in [0, 0.1) is 34.0 Å². The Bertz CT molecular complexity index is 1230. The standard InChI is InChI=1S/C29H32N2O2S/c1-19(32)33-28(18-30)14-12-23-21-10-9-20-17-29(31(4)24-7-5-6-8-25(24)34-29)16-15-26(20,2)22(21)11-13-27(23,28)3/h5-8,11,15-17,21,23H,9-10,12-14H2,1-4H3/t21-,23+,26+,27+,28+,29?/m1/s1. The van der Waals surface area contributed by atoms with Crippen LogP contribution in [0.3, 0.4) is 0 Å². The molecule has 1 heterocycles. The fourth-order valence-electron chi connectivity index (χ4n) is 7.78. The van der Waals surface area contributed by atoms with Crippen molar-refractivity contribution in [3.63, 3.8) is 0 Å². The molecule has 1 spiro atoms. The molecule has 6 atom stereocenters. The molecule has 0 bridgehead atoms. The molecule has 34 heavy (non-hydrogen) atoms. The lowest BCUT2D eigenvalue weighted by molar-refractivity contribution is -0.163. The number of thioether (sulfide) groups is 1. The highest BCUT2D eigenvalue weighted by Crippen LogP contribution is 2.67. The van der Waals surface area contributed by atoms with Crippen LogP contribution in [0.5, 0.6) is 0 Å². The molecule has 1 unspecified atom stereocenters. The molecule has 1 aromatic carbocycles. The number of benzene rings is 1. The Morgan fingerprint density at radius 3 is 2.76 bits per heavy atom. The summed E-state index contributed by atoms with van der Waals surface area (Å²) in [7, 11) is 2.20. The Balaban J connectivity index is 1.37. The molecule has 2 fully saturated rings. The highest BCUT2D eigenvalue weighted by atomic mass is 32.2. The molecular weight excluding hydrogens is 440 g/mol. The zero-order chi connectivity index (χ0) is 23.9. The molecule has 0 radical (unpaired) electrons. The average molecular weight is 473 g/mol. The summed E-state index contributed by atoms with van der Waals surface area (Å²) in [6, 6.07) is 11.1. The van der Waals surface area contributed by atoms with Crippen LogP contribution in [0.4, 0.5) is 5.69 Å². The Morgan fingerprint density at radius 2 is 2.03 bits per heavy atom. The maximum absolute atomic E-state index is 11.9. The third-order valence-electron chi connectivity index (χ3n) is 9.73. The summed E-state index contributed by atoms with van der Waals surface area (Å²) in [6.45, 7) is 6.00. The number of para-hydroxylation sites is 1. The van der Waals surface area contributed by atoms with Crippen molar-refractivity contribution in [3.05, 3.63) is 59.7 Å². The normalized spacial score (nSPS) is 41.6. The summed E-state index contributed by atoms with van der Waals surface area (Å²) in [5.74, 6) is 0.442. The maximum Gasteiger partial charge on any atom is 0.304 e. The van der Waals surface area contributed by atoms with Crippen LogP contribution in [0.25, 0.3) is 0 Å². The number of nitriles is 1. The van der Waals surface area contributed by atoms with E-state index in [1.54, 1.807) is 0 Å². The molecule has 0 saturated heterocycles. The van der Waals surface area contributed by atoms with Crippen LogP contribution in [-0.4, -0.2) is 23.5 Å². The molecule has 176 valence electrons. The van der Waals surface area contributed by atoms with Crippen LogP contribution in [0.1, 0.15) is 52.9 Å². The smallest absolute Gasteiger partial charge is 0.304 e. The minimum atomic E-state index is -1.01. The number of anilines is 1. The van der Waals surface area contributed by atoms with Crippen LogP contribution in [-0.2, 0) is 9.53 Å². The summed E-state index contributed by atoms with van der Waals surface area (Å²) in [5.41, 5.74) is 2.90. The second-order valence-corrected chi connectivity index (χ2v) is 12.5. The molecule has 1 aliphatic heterocycles. The number of esters is 1. The second kappa shape index (κ2) is 7.04. The fraction of sp³-hybridized carbons (Fsp3) is 0.517. The van der Waals surface area contributed by atoms with Gasteiger partial charge >= 0.3 is 5.97 Å². The number of rotatable bonds is 1. The highest BCUT2D eigenvalue weighted by molar-refractivity contribution is 8.01. The number of hydrogen-bond donors (Lipinski definition) is 0. The van der Waals surface area contributed by atoms with Crippen molar-refractivity contribution in [3.8, 4) is 6.07 Å². The average Bonchev–Trinajstić information content (AvgIpc) is 3.26. The lowest BCUT2D eigenvalue weighted by Crippen LogP contribution is -2.52. The van der Waals surface area contributed by atoms with Crippen molar-refractivity contribution < 1.29 is 9.53 Å². The lowest BCUT2D eigenvalue weighted by atomic mass is 9.51. The van der Waals surface area contributed by atoms with E-state index < -0.39 is 5.60 Å². The molecule has 0 N–H and O–H groups in total. The van der Waals surface area contributed by atoms with Gasteiger partial charge in [0.25, 0.3) is 0 Å². The first-order valence-corrected chi connectivity index (χ1v) is 13.3. The molecule has 0 aromatic heterocycles. The van der Waals surface area contributed by atoms with E-state index in [9.17, 15) is 10.1 Å². The Kier molecular flexibility index (Phi) is 4.56. The summed E-state index contributed by atoms with van der Waals surface area (Å²) < 4.78 is 5.77. The van der Waals surface area contributed by atoms with E-state index >= 15 is 0 Å². The number of carbonyl (C=O) groups excluding carboxylic acids is 1. The van der Waals surface area contributed by atoms with E-state index in [1.807, 2.05) is 11.8 Å². The predicted octanol–water partition coefficient (Wildman–Crippen LogP) is 6.41. The first-order chi connectivity index (χ1) is 16.2. The SMILES string of the molecule is CC(=O)O[C@]1(C#N)CC[C@H]2[C@@H]3CCC4=CC5(C=C[C@]4(C)C3=CC[C@@]21C)Sc1ccccc1N5C. The van der Waals surface area contributed by atoms with Gasteiger partial charge in [-0.25, -0.2) is 0 Å². The van der Waals surface area contributed by atoms with Gasteiger partial charge in [0, 0.05) is 36.1 Å². The molecular formula is C29H32N2O2S. The van der Waals surface area contributed by atoms with Gasteiger partial charge in [-0.05, 0) is 68.7 Å². The number of hydrogen-bond acceptors (Lipinski definition) is 5. The van der Waals surface area contributed by atoms with Crippen molar-refractivity contribution in [1.29, 1.82) is 5.26 Å². The van der Waals surface area contributed by atoms with E-state index in [1.165, 1.54) is 28.7 Å². The van der Waals surface area contributed by atoms with Gasteiger partial charge in [-0.3, -0.25) is 4.79 Å². The van der Waals surface area contributed by atoms with Gasteiger partial charge in [0.1, 0.15) is 10.9 Å². The lowest BCUT2D eigenvalue weighted by Gasteiger charge is -2.54. The molecule has 6 rings (SSSR count). The van der Waals surface area contributed by atoms with Crippen molar-refractivity contribution in [1.82, 2.24) is 0 Å². The molecule has 0 amide bonds. The topological polar surface area (TPSA) is 53.3 Å². The molecule has 1 aromatic rings. The van der Waals surface area contributed by atoms with Crippen LogP contribution in [0.15, 0.2) is 64.6 Å². The van der Waals surface area contributed by atoms with E-state index in [0.717, 1.165) is 25.7 Å². The summed E-state index contributed by atoms with van der Waals surface area (Å²) in [5, 5.41) is 10.1. The molecule has 4 aliphatic carbocycles. The van der Waals surface area contributed by atoms with Gasteiger partial charge in [0.2, 0.25) is 5.60 Å². The fourth-order valence-corrected chi connectivity index (χ4v) is 9.16. The predicted molar refractivity (Wildman–Crippen MR) is 135 cm³/mol. The minimum absolute atomic E-state index is 0.0784. The summed E-state index contributed by atoms with van der Waals surface area (Å²) in [6.07, 6.45) is 14.3. The van der Waals surface area contributed by atoms with E-state index in [2.05, 4.69) is 80.4 Å². The zero-order valence-corrected chi connectivity index (χ0v) is 21.2. The van der Waals surface area contributed by atoms with Crippen molar-refractivity contribution >= 4 is 23.4 Å². The van der Waals surface area contributed by atoms with E-state index in [4.69, 9.17) is 4.74 Å². The van der Waals surface area contributed by atoms with Crippen molar-refractivity contribution in [2.75, 3.05) is 11.9 Å². The molecule has 4 nitrogen and oxygen atoms in total. The minimum Gasteiger partial charge on any atom is -0.443 e. The number of fused-ring (bicyclic) bond motifs is 6. The van der Waals surface area contributed by atoms with E-state index in [-0.39, 0.29) is 21.7 Å². The van der Waals surface area contributed by atoms with Crippen molar-refractivity contribution in [2.24, 2.45) is 22.7 Å². The first kappa shape index (κ1) is 22.0. The number of allylic oxidation sites excluding steroid dienone is 4. The monoisotopic (exact) mass is 472 g/mol. The van der Waals surface area contributed by atoms with Crippen LogP contribution < -0.4 is 4.90 Å². The number of likely N-dealkylation sites (N-methyl/N-ethyl adjacent to an activating group) is 1. The van der Waals surface area contributed by atoms with Crippen LogP contribution >= 0.6 is 11.8 Å². The van der Waals surface area contributed by atoms with Gasteiger partial charge in [-0.1, -0.05) is 54.1 Å². The van der Waals surface area contributed by atoms with E-state index in [0.29, 0.717) is 18.3 Å². The Labute approximate surface area is 206 Å². The van der Waals surface area contributed by atoms with Gasteiger partial charge in [-0.15, -0.1) is 0 Å². The first-order valence-electron chi connectivity index (χ1n) is 12.4. The van der Waals surface area contributed by atoms with Crippen LogP contribution in [0.2, 0.25) is 0 Å². The van der Waals surface area contributed by atoms with Gasteiger partial charge in [0.05, 0.1) is 5.69 Å². The maximum atomic E-state index is 11.9. The highest BCUT2D eigenvalue weighted by Gasteiger charge is 2.64. The number of carbonyl (C=O) groups is 1. The molecule has 5 heteroatoms. The Hall–Kier alpha value is -2.45. The summed E-state index contributed by atoms with van der Waals surface area (Å²) >= 11 is 1.93. The van der Waals surface area contributed by atoms with Gasteiger partial charge in [0.15, 0.2) is 0 Å². The zero-order valence-electron chi connectivity index (χ0n) is 20.4. The third-order valence-corrected chi connectivity index (χ3v) is 11.2. The molecule has 2 saturated carbocycles. The second-order valence-electron chi connectivity index (χ2n) is 11.2. The largest absolute Gasteiger partial charge is 0.443 e. The third kappa shape index (κ3) is 2.64. The van der Waals surface area contributed by atoms with Gasteiger partial charge in [-0.2, -0.15) is 5.26 Å². The number of nitrogens with zero attached hydrogens (tertiary/aromatic N) is 2. The van der Waals surface area contributed by atoms with Crippen molar-refractivity contribution in [2.45, 2.75) is 68.2 Å².